The van der Waals surface area contributed by atoms with Crippen LogP contribution in [0.1, 0.15) is 25.0 Å². The Bertz CT molecular complexity index is 1030. The third-order valence-electron chi connectivity index (χ3n) is 4.45. The van der Waals surface area contributed by atoms with E-state index in [2.05, 4.69) is 13.2 Å². The van der Waals surface area contributed by atoms with Gasteiger partial charge in [-0.05, 0) is 25.0 Å². The first-order valence-electron chi connectivity index (χ1n) is 8.38. The molecule has 0 aliphatic carbocycles. The minimum atomic E-state index is -5.15. The first-order valence-corrected chi connectivity index (χ1v) is 11.3. The summed E-state index contributed by atoms with van der Waals surface area (Å²) in [7, 11) is -10.3. The standard InChI is InChI=1S/C20H22O7S2/c1-15(2)19(28(21,22)23,17-11-7-5-8-12-17)27-20(16(3)4,29(24,25)26)18-13-9-6-10-14-18/h5-14H,1,3H2,2,4H3,(H,21,22,23)(H,24,25,26). The maximum absolute atomic E-state index is 12.6. The van der Waals surface area contributed by atoms with Crippen LogP contribution in [-0.4, -0.2) is 25.9 Å². The van der Waals surface area contributed by atoms with Crippen molar-refractivity contribution in [2.75, 3.05) is 0 Å². The van der Waals surface area contributed by atoms with E-state index in [0.29, 0.717) is 0 Å². The van der Waals surface area contributed by atoms with Gasteiger partial charge in [0, 0.05) is 11.1 Å². The van der Waals surface area contributed by atoms with Crippen LogP contribution in [0.25, 0.3) is 0 Å². The molecule has 0 radical (unpaired) electrons. The molecule has 2 atom stereocenters. The summed E-state index contributed by atoms with van der Waals surface area (Å²) < 4.78 is 76.6. The highest BCUT2D eigenvalue weighted by atomic mass is 32.2. The van der Waals surface area contributed by atoms with Crippen LogP contribution in [0.2, 0.25) is 0 Å². The summed E-state index contributed by atoms with van der Waals surface area (Å²) in [6, 6.07) is 14.5. The average molecular weight is 439 g/mol. The van der Waals surface area contributed by atoms with E-state index < -0.39 is 30.1 Å². The van der Waals surface area contributed by atoms with E-state index in [4.69, 9.17) is 4.74 Å². The molecule has 2 N–H and O–H groups in total. The van der Waals surface area contributed by atoms with E-state index in [-0.39, 0.29) is 22.3 Å². The molecule has 0 heterocycles. The lowest BCUT2D eigenvalue weighted by Gasteiger charge is -2.41. The number of rotatable bonds is 8. The molecule has 0 saturated carbocycles. The predicted octanol–water partition coefficient (Wildman–Crippen LogP) is 3.64. The Hall–Kier alpha value is -2.30. The first-order chi connectivity index (χ1) is 13.3. The fourth-order valence-electron chi connectivity index (χ4n) is 3.15. The third-order valence-corrected chi connectivity index (χ3v) is 7.23. The van der Waals surface area contributed by atoms with E-state index in [0.717, 1.165) is 0 Å². The lowest BCUT2D eigenvalue weighted by atomic mass is 9.99. The Morgan fingerprint density at radius 1 is 0.724 bits per heavy atom. The van der Waals surface area contributed by atoms with E-state index in [1.54, 1.807) is 12.1 Å². The van der Waals surface area contributed by atoms with Crippen molar-refractivity contribution in [3.63, 3.8) is 0 Å². The summed E-state index contributed by atoms with van der Waals surface area (Å²) in [5, 5.41) is 0. The van der Waals surface area contributed by atoms with Gasteiger partial charge in [0.25, 0.3) is 0 Å². The van der Waals surface area contributed by atoms with Crippen LogP contribution in [0.15, 0.2) is 85.0 Å². The highest BCUT2D eigenvalue weighted by Crippen LogP contribution is 2.48. The highest BCUT2D eigenvalue weighted by molar-refractivity contribution is 7.87. The molecule has 0 spiro atoms. The number of ether oxygens (including phenoxy) is 1. The molecule has 0 aromatic heterocycles. The second-order valence-corrected chi connectivity index (χ2v) is 9.63. The van der Waals surface area contributed by atoms with Gasteiger partial charge in [-0.1, -0.05) is 73.8 Å². The zero-order valence-corrected chi connectivity index (χ0v) is 17.6. The molecule has 0 bridgehead atoms. The Kier molecular flexibility index (Phi) is 6.22. The zero-order valence-electron chi connectivity index (χ0n) is 15.9. The van der Waals surface area contributed by atoms with Crippen LogP contribution in [0, 0.1) is 0 Å². The van der Waals surface area contributed by atoms with Crippen molar-refractivity contribution in [1.82, 2.24) is 0 Å². The van der Waals surface area contributed by atoms with Gasteiger partial charge in [0.2, 0.25) is 9.87 Å². The van der Waals surface area contributed by atoms with Gasteiger partial charge >= 0.3 is 20.2 Å². The van der Waals surface area contributed by atoms with Crippen LogP contribution >= 0.6 is 0 Å². The molecule has 0 aliphatic heterocycles. The van der Waals surface area contributed by atoms with Gasteiger partial charge in [-0.2, -0.15) is 16.8 Å². The van der Waals surface area contributed by atoms with Gasteiger partial charge < -0.3 is 4.74 Å². The summed E-state index contributed by atoms with van der Waals surface area (Å²) in [5.74, 6) is 0. The summed E-state index contributed by atoms with van der Waals surface area (Å²) >= 11 is 0. The van der Waals surface area contributed by atoms with Crippen LogP contribution in [0.3, 0.4) is 0 Å². The molecular weight excluding hydrogens is 416 g/mol. The molecule has 2 unspecified atom stereocenters. The molecule has 0 saturated heterocycles. The van der Waals surface area contributed by atoms with Crippen LogP contribution < -0.4 is 0 Å². The molecule has 2 aromatic rings. The number of hydrogen-bond acceptors (Lipinski definition) is 5. The number of benzene rings is 2. The van der Waals surface area contributed by atoms with Gasteiger partial charge in [-0.25, -0.2) is 0 Å². The van der Waals surface area contributed by atoms with Crippen LogP contribution in [0.4, 0.5) is 0 Å². The van der Waals surface area contributed by atoms with E-state index in [1.807, 2.05) is 0 Å². The van der Waals surface area contributed by atoms with Gasteiger partial charge in [0.1, 0.15) is 0 Å². The Balaban J connectivity index is 3.01. The monoisotopic (exact) mass is 438 g/mol. The molecule has 0 amide bonds. The molecule has 156 valence electrons. The minimum Gasteiger partial charge on any atom is -0.316 e. The second-order valence-electron chi connectivity index (χ2n) is 6.58. The minimum absolute atomic E-state index is 0.0970. The molecule has 7 nitrogen and oxygen atoms in total. The van der Waals surface area contributed by atoms with Crippen molar-refractivity contribution in [3.8, 4) is 0 Å². The van der Waals surface area contributed by atoms with Crippen molar-refractivity contribution in [2.45, 2.75) is 23.7 Å². The van der Waals surface area contributed by atoms with Gasteiger partial charge in [0.05, 0.1) is 0 Å². The fourth-order valence-corrected chi connectivity index (χ4v) is 5.41. The van der Waals surface area contributed by atoms with E-state index in [9.17, 15) is 25.9 Å². The Labute approximate surface area is 170 Å². The van der Waals surface area contributed by atoms with E-state index in [1.165, 1.54) is 62.4 Å². The SMILES string of the molecule is C=C(C)C(OC(C(=C)C)(c1ccccc1)S(=O)(=O)O)(c1ccccc1)S(=O)(=O)O. The first kappa shape index (κ1) is 23.0. The summed E-state index contributed by atoms with van der Waals surface area (Å²) in [5.41, 5.74) is -0.645. The average Bonchev–Trinajstić information content (AvgIpc) is 2.61. The van der Waals surface area contributed by atoms with Gasteiger partial charge in [-0.3, -0.25) is 9.11 Å². The smallest absolute Gasteiger partial charge is 0.304 e. The highest BCUT2D eigenvalue weighted by Gasteiger charge is 2.59. The Morgan fingerprint density at radius 3 is 1.21 bits per heavy atom. The maximum Gasteiger partial charge on any atom is 0.304 e. The van der Waals surface area contributed by atoms with Crippen molar-refractivity contribution >= 4 is 20.2 Å². The fraction of sp³-hybridized carbons (Fsp3) is 0.200. The summed E-state index contributed by atoms with van der Waals surface area (Å²) in [6.07, 6.45) is 0. The molecule has 0 fully saturated rings. The zero-order chi connectivity index (χ0) is 22.1. The van der Waals surface area contributed by atoms with Crippen molar-refractivity contribution in [3.05, 3.63) is 96.1 Å². The molecule has 0 aliphatic rings. The maximum atomic E-state index is 12.6. The Morgan fingerprint density at radius 2 is 1.00 bits per heavy atom. The largest absolute Gasteiger partial charge is 0.316 e. The summed E-state index contributed by atoms with van der Waals surface area (Å²) in [4.78, 5) is -5.42. The molecule has 29 heavy (non-hydrogen) atoms. The van der Waals surface area contributed by atoms with Crippen molar-refractivity contribution in [2.24, 2.45) is 0 Å². The van der Waals surface area contributed by atoms with Crippen molar-refractivity contribution in [1.29, 1.82) is 0 Å². The quantitative estimate of drug-likeness (QED) is 0.477. The molecule has 2 rings (SSSR count). The van der Waals surface area contributed by atoms with Crippen LogP contribution in [-0.2, 0) is 34.8 Å². The normalized spacial score (nSPS) is 16.4. The van der Waals surface area contributed by atoms with E-state index >= 15 is 0 Å². The second kappa shape index (κ2) is 7.85. The lowest BCUT2D eigenvalue weighted by molar-refractivity contribution is -0.0430. The third kappa shape index (κ3) is 3.79. The molecule has 9 heteroatoms. The lowest BCUT2D eigenvalue weighted by Crippen LogP contribution is -2.50. The van der Waals surface area contributed by atoms with Gasteiger partial charge in [0.15, 0.2) is 0 Å². The number of hydrogen-bond donors (Lipinski definition) is 2. The van der Waals surface area contributed by atoms with Crippen LogP contribution in [0.5, 0.6) is 0 Å². The molecule has 2 aromatic carbocycles. The summed E-state index contributed by atoms with van der Waals surface area (Å²) in [6.45, 7) is 9.76. The topological polar surface area (TPSA) is 118 Å². The van der Waals surface area contributed by atoms with Gasteiger partial charge in [-0.15, -0.1) is 0 Å². The predicted molar refractivity (Wildman–Crippen MR) is 110 cm³/mol. The molecular formula is C20H22O7S2. The van der Waals surface area contributed by atoms with Crippen molar-refractivity contribution < 1.29 is 30.7 Å².